The van der Waals surface area contributed by atoms with Crippen LogP contribution in [0, 0.1) is 0 Å². The van der Waals surface area contributed by atoms with Gasteiger partial charge in [0.25, 0.3) is 0 Å². The van der Waals surface area contributed by atoms with Crippen molar-refractivity contribution in [2.75, 3.05) is 37.1 Å². The molecule has 156 valence electrons. The Balaban J connectivity index is 1.87. The summed E-state index contributed by atoms with van der Waals surface area (Å²) in [6.45, 7) is 5.09. The maximum Gasteiger partial charge on any atom is 0.227 e. The second kappa shape index (κ2) is 9.91. The average molecular weight is 419 g/mol. The van der Waals surface area contributed by atoms with Crippen LogP contribution in [0.15, 0.2) is 37.1 Å². The standard InChI is InChI=1S/C21H27ClN4O3/c1-3-15(12-27)17-11-24-21(26-8-4-5-16(26)13-28)25-20(17)23-10-14-6-7-19(29-2)18(22)9-14/h3,6-7,9,11,15-16,27-28H,1,4-5,8,10,12-13H2,2H3,(H,23,24,25)/t15?,16-/m0/s1. The normalized spacial score (nSPS) is 17.2. The lowest BCUT2D eigenvalue weighted by atomic mass is 10.0. The van der Waals surface area contributed by atoms with E-state index in [0.717, 1.165) is 30.5 Å². The van der Waals surface area contributed by atoms with Crippen molar-refractivity contribution in [3.8, 4) is 5.75 Å². The highest BCUT2D eigenvalue weighted by molar-refractivity contribution is 6.32. The third-order valence-electron chi connectivity index (χ3n) is 5.21. The number of halogens is 1. The van der Waals surface area contributed by atoms with E-state index in [1.807, 2.05) is 23.1 Å². The minimum atomic E-state index is -0.279. The zero-order valence-electron chi connectivity index (χ0n) is 16.5. The summed E-state index contributed by atoms with van der Waals surface area (Å²) in [7, 11) is 1.58. The number of hydrogen-bond donors (Lipinski definition) is 3. The molecule has 0 radical (unpaired) electrons. The number of aliphatic hydroxyl groups excluding tert-OH is 2. The SMILES string of the molecule is C=CC(CO)c1cnc(N2CCC[C@H]2CO)nc1NCc1ccc(OC)c(Cl)c1. The third kappa shape index (κ3) is 4.80. The highest BCUT2D eigenvalue weighted by Crippen LogP contribution is 2.29. The number of methoxy groups -OCH3 is 1. The molecule has 1 fully saturated rings. The molecule has 2 atom stereocenters. The van der Waals surface area contributed by atoms with Gasteiger partial charge in [-0.15, -0.1) is 6.58 Å². The Morgan fingerprint density at radius 1 is 1.45 bits per heavy atom. The molecule has 29 heavy (non-hydrogen) atoms. The summed E-state index contributed by atoms with van der Waals surface area (Å²) in [6.07, 6.45) is 5.32. The molecule has 1 aliphatic rings. The monoisotopic (exact) mass is 418 g/mol. The third-order valence-corrected chi connectivity index (χ3v) is 5.50. The van der Waals surface area contributed by atoms with Crippen LogP contribution in [0.5, 0.6) is 5.75 Å². The Morgan fingerprint density at radius 2 is 2.28 bits per heavy atom. The number of nitrogens with zero attached hydrogens (tertiary/aromatic N) is 3. The van der Waals surface area contributed by atoms with E-state index in [2.05, 4.69) is 16.9 Å². The fourth-order valence-corrected chi connectivity index (χ4v) is 3.81. The maximum absolute atomic E-state index is 9.71. The molecule has 3 rings (SSSR count). The quantitative estimate of drug-likeness (QED) is 0.539. The van der Waals surface area contributed by atoms with Crippen molar-refractivity contribution in [3.05, 3.63) is 53.2 Å². The molecule has 0 amide bonds. The lowest BCUT2D eigenvalue weighted by Crippen LogP contribution is -2.33. The molecule has 0 spiro atoms. The summed E-state index contributed by atoms with van der Waals surface area (Å²) in [6, 6.07) is 5.62. The van der Waals surface area contributed by atoms with Gasteiger partial charge >= 0.3 is 0 Å². The first kappa shape index (κ1) is 21.4. The predicted octanol–water partition coefficient (Wildman–Crippen LogP) is 2.97. The Bertz CT molecular complexity index is 849. The highest BCUT2D eigenvalue weighted by atomic mass is 35.5. The van der Waals surface area contributed by atoms with Crippen LogP contribution in [0.3, 0.4) is 0 Å². The van der Waals surface area contributed by atoms with Gasteiger partial charge in [-0.3, -0.25) is 0 Å². The molecule has 1 saturated heterocycles. The van der Waals surface area contributed by atoms with Crippen LogP contribution in [-0.2, 0) is 6.54 Å². The number of anilines is 2. The number of benzene rings is 1. The van der Waals surface area contributed by atoms with Crippen LogP contribution in [0.1, 0.15) is 29.9 Å². The first-order valence-corrected chi connectivity index (χ1v) is 10.0. The Labute approximate surface area is 176 Å². The molecule has 1 aliphatic heterocycles. The van der Waals surface area contributed by atoms with E-state index in [9.17, 15) is 10.2 Å². The topological polar surface area (TPSA) is 90.7 Å². The van der Waals surface area contributed by atoms with Gasteiger partial charge in [0, 0.05) is 30.8 Å². The summed E-state index contributed by atoms with van der Waals surface area (Å²) in [5, 5.41) is 23.2. The largest absolute Gasteiger partial charge is 0.495 e. The summed E-state index contributed by atoms with van der Waals surface area (Å²) in [5.74, 6) is 1.54. The smallest absolute Gasteiger partial charge is 0.227 e. The Kier molecular flexibility index (Phi) is 7.30. The second-order valence-electron chi connectivity index (χ2n) is 6.99. The van der Waals surface area contributed by atoms with E-state index in [0.29, 0.717) is 29.1 Å². The molecular weight excluding hydrogens is 392 g/mol. The minimum Gasteiger partial charge on any atom is -0.495 e. The van der Waals surface area contributed by atoms with Gasteiger partial charge in [-0.25, -0.2) is 4.98 Å². The molecule has 7 nitrogen and oxygen atoms in total. The van der Waals surface area contributed by atoms with Crippen molar-refractivity contribution in [2.45, 2.75) is 31.3 Å². The molecule has 1 unspecified atom stereocenters. The van der Waals surface area contributed by atoms with Crippen LogP contribution < -0.4 is 15.0 Å². The average Bonchev–Trinajstić information content (AvgIpc) is 3.22. The lowest BCUT2D eigenvalue weighted by molar-refractivity contribution is 0.265. The first-order valence-electron chi connectivity index (χ1n) is 9.65. The molecule has 1 aromatic carbocycles. The molecule has 2 aromatic rings. The molecule has 2 heterocycles. The predicted molar refractivity (Wildman–Crippen MR) is 115 cm³/mol. The van der Waals surface area contributed by atoms with Crippen LogP contribution in [0.2, 0.25) is 5.02 Å². The van der Waals surface area contributed by atoms with Crippen molar-refractivity contribution in [1.82, 2.24) is 9.97 Å². The van der Waals surface area contributed by atoms with Gasteiger partial charge in [0.2, 0.25) is 5.95 Å². The molecular formula is C21H27ClN4O3. The van der Waals surface area contributed by atoms with Crippen molar-refractivity contribution in [2.24, 2.45) is 0 Å². The zero-order valence-corrected chi connectivity index (χ0v) is 17.3. The number of aromatic nitrogens is 2. The highest BCUT2D eigenvalue weighted by Gasteiger charge is 2.27. The number of aliphatic hydroxyl groups is 2. The molecule has 0 bridgehead atoms. The van der Waals surface area contributed by atoms with Gasteiger partial charge in [0.1, 0.15) is 11.6 Å². The van der Waals surface area contributed by atoms with Crippen molar-refractivity contribution >= 4 is 23.4 Å². The summed E-state index contributed by atoms with van der Waals surface area (Å²) >= 11 is 6.23. The van der Waals surface area contributed by atoms with Crippen LogP contribution in [0.25, 0.3) is 0 Å². The molecule has 0 saturated carbocycles. The van der Waals surface area contributed by atoms with Gasteiger partial charge in [0.05, 0.1) is 31.4 Å². The summed E-state index contributed by atoms with van der Waals surface area (Å²) in [5.41, 5.74) is 1.74. The lowest BCUT2D eigenvalue weighted by Gasteiger charge is -2.24. The Hall–Kier alpha value is -2.35. The van der Waals surface area contributed by atoms with E-state index in [4.69, 9.17) is 21.3 Å². The van der Waals surface area contributed by atoms with Crippen molar-refractivity contribution < 1.29 is 14.9 Å². The first-order chi connectivity index (χ1) is 14.1. The van der Waals surface area contributed by atoms with E-state index in [-0.39, 0.29) is 25.2 Å². The van der Waals surface area contributed by atoms with Crippen LogP contribution >= 0.6 is 11.6 Å². The number of rotatable bonds is 9. The molecule has 3 N–H and O–H groups in total. The Morgan fingerprint density at radius 3 is 2.93 bits per heavy atom. The van der Waals surface area contributed by atoms with Crippen LogP contribution in [0.4, 0.5) is 11.8 Å². The van der Waals surface area contributed by atoms with Gasteiger partial charge in [0.15, 0.2) is 0 Å². The molecule has 0 aliphatic carbocycles. The fourth-order valence-electron chi connectivity index (χ4n) is 3.53. The van der Waals surface area contributed by atoms with Crippen molar-refractivity contribution in [3.63, 3.8) is 0 Å². The van der Waals surface area contributed by atoms with Gasteiger partial charge < -0.3 is 25.2 Å². The number of nitrogens with one attached hydrogen (secondary N) is 1. The van der Waals surface area contributed by atoms with E-state index < -0.39 is 0 Å². The van der Waals surface area contributed by atoms with Gasteiger partial charge in [-0.05, 0) is 30.5 Å². The van der Waals surface area contributed by atoms with Crippen molar-refractivity contribution in [1.29, 1.82) is 0 Å². The van der Waals surface area contributed by atoms with E-state index in [1.54, 1.807) is 19.4 Å². The minimum absolute atomic E-state index is 0.0298. The second-order valence-corrected chi connectivity index (χ2v) is 7.40. The zero-order chi connectivity index (χ0) is 20.8. The van der Waals surface area contributed by atoms with E-state index >= 15 is 0 Å². The number of hydrogen-bond acceptors (Lipinski definition) is 7. The summed E-state index contributed by atoms with van der Waals surface area (Å²) in [4.78, 5) is 11.2. The number of ether oxygens (including phenoxy) is 1. The fraction of sp³-hybridized carbons (Fsp3) is 0.429. The maximum atomic E-state index is 9.71. The molecule has 1 aromatic heterocycles. The van der Waals surface area contributed by atoms with Gasteiger partial charge in [-0.2, -0.15) is 4.98 Å². The summed E-state index contributed by atoms with van der Waals surface area (Å²) < 4.78 is 5.20. The van der Waals surface area contributed by atoms with Crippen LogP contribution in [-0.4, -0.2) is 53.1 Å². The van der Waals surface area contributed by atoms with E-state index in [1.165, 1.54) is 0 Å². The molecule has 8 heteroatoms. The van der Waals surface area contributed by atoms with Gasteiger partial charge in [-0.1, -0.05) is 23.7 Å².